The van der Waals surface area contributed by atoms with Crippen LogP contribution in [0, 0.1) is 12.8 Å². The summed E-state index contributed by atoms with van der Waals surface area (Å²) in [4.78, 5) is 35.5. The number of nitrogens with two attached hydrogens (primary N) is 2. The van der Waals surface area contributed by atoms with Crippen molar-refractivity contribution in [3.05, 3.63) is 106 Å². The van der Waals surface area contributed by atoms with Gasteiger partial charge in [-0.3, -0.25) is 14.6 Å². The van der Waals surface area contributed by atoms with E-state index in [4.69, 9.17) is 16.2 Å². The molecule has 220 valence electrons. The molecular weight excluding hydrogens is 540 g/mol. The van der Waals surface area contributed by atoms with Gasteiger partial charge in [-0.15, -0.1) is 0 Å². The van der Waals surface area contributed by atoms with E-state index in [0.717, 1.165) is 59.4 Å². The number of rotatable bonds is 8. The fraction of sp³-hybridized carbons (Fsp3) is 0.235. The van der Waals surface area contributed by atoms with Crippen LogP contribution in [0.2, 0.25) is 0 Å². The lowest BCUT2D eigenvalue weighted by molar-refractivity contribution is 0.0612. The first kappa shape index (κ1) is 29.5. The molecule has 1 fully saturated rings. The Morgan fingerprint density at radius 3 is 2.42 bits per heavy atom. The number of aryl methyl sites for hydroxylation is 1. The van der Waals surface area contributed by atoms with Crippen LogP contribution in [0.4, 0.5) is 11.5 Å². The van der Waals surface area contributed by atoms with Crippen molar-refractivity contribution in [3.63, 3.8) is 0 Å². The van der Waals surface area contributed by atoms with Gasteiger partial charge in [0.05, 0.1) is 0 Å². The van der Waals surface area contributed by atoms with Gasteiger partial charge in [0.15, 0.2) is 0 Å². The van der Waals surface area contributed by atoms with Gasteiger partial charge in [-0.25, -0.2) is 4.98 Å². The molecule has 2 aromatic carbocycles. The lowest BCUT2D eigenvalue weighted by Crippen LogP contribution is -2.26. The number of allylic oxidation sites excluding steroid dienone is 1. The van der Waals surface area contributed by atoms with Crippen LogP contribution < -0.4 is 22.2 Å². The molecule has 5 N–H and O–H groups in total. The number of ether oxygens (including phenoxy) is 1. The van der Waals surface area contributed by atoms with Gasteiger partial charge in [-0.05, 0) is 55.0 Å². The number of amides is 1. The second-order valence-electron chi connectivity index (χ2n) is 10.7. The summed E-state index contributed by atoms with van der Waals surface area (Å²) in [5.74, 6) is 0.312. The van der Waals surface area contributed by atoms with Crippen molar-refractivity contribution in [1.29, 1.82) is 0 Å². The van der Waals surface area contributed by atoms with Crippen LogP contribution in [0.15, 0.2) is 89.2 Å². The van der Waals surface area contributed by atoms with Crippen LogP contribution in [0.1, 0.15) is 34.3 Å². The van der Waals surface area contributed by atoms with Crippen molar-refractivity contribution in [1.82, 2.24) is 9.55 Å². The first-order chi connectivity index (χ1) is 20.9. The average molecular weight is 577 g/mol. The largest absolute Gasteiger partial charge is 0.404 e. The molecule has 5 rings (SSSR count). The standard InChI is InChI=1S/C34H36N6O3/c1-22-3-5-25(6-4-22)30-20-40(19-23-11-13-43-14-12-23)21-31(32(30)41)34(42)39-28-9-7-24(8-10-28)29-15-26(18-38-33(29)36)27(16-35)17-37-2/h3-10,15-18,20-21,23H,11-14,19,35H2,1-2H3,(H2,36,38)(H,39,42). The fourth-order valence-electron chi connectivity index (χ4n) is 5.21. The molecular formula is C34H36N6O3. The van der Waals surface area contributed by atoms with E-state index in [1.165, 1.54) is 6.20 Å². The van der Waals surface area contributed by atoms with Crippen LogP contribution >= 0.6 is 0 Å². The molecule has 0 radical (unpaired) electrons. The first-order valence-corrected chi connectivity index (χ1v) is 14.3. The van der Waals surface area contributed by atoms with Gasteiger partial charge in [-0.1, -0.05) is 42.0 Å². The number of pyridine rings is 2. The van der Waals surface area contributed by atoms with Crippen molar-refractivity contribution in [2.45, 2.75) is 26.3 Å². The number of aliphatic imine (C=N–C) groups is 1. The van der Waals surface area contributed by atoms with Crippen molar-refractivity contribution >= 4 is 29.2 Å². The van der Waals surface area contributed by atoms with Gasteiger partial charge in [-0.2, -0.15) is 0 Å². The van der Waals surface area contributed by atoms with E-state index >= 15 is 0 Å². The molecule has 43 heavy (non-hydrogen) atoms. The summed E-state index contributed by atoms with van der Waals surface area (Å²) in [6, 6.07) is 16.9. The SMILES string of the molecule is CN=CC(=CN)c1cnc(N)c(-c2ccc(NC(=O)c3cn(CC4CCOCC4)cc(-c4ccc(C)cc4)c3=O)cc2)c1. The second kappa shape index (κ2) is 13.3. The molecule has 1 amide bonds. The smallest absolute Gasteiger partial charge is 0.261 e. The zero-order chi connectivity index (χ0) is 30.3. The lowest BCUT2D eigenvalue weighted by atomic mass is 9.99. The third-order valence-corrected chi connectivity index (χ3v) is 7.65. The number of nitrogens with zero attached hydrogens (tertiary/aromatic N) is 3. The quantitative estimate of drug-likeness (QED) is 0.248. The number of aromatic nitrogens is 2. The minimum Gasteiger partial charge on any atom is -0.404 e. The van der Waals surface area contributed by atoms with Crippen molar-refractivity contribution in [3.8, 4) is 22.3 Å². The highest BCUT2D eigenvalue weighted by Gasteiger charge is 2.20. The van der Waals surface area contributed by atoms with Gasteiger partial charge in [0.2, 0.25) is 5.43 Å². The molecule has 0 saturated carbocycles. The minimum atomic E-state index is -0.466. The summed E-state index contributed by atoms with van der Waals surface area (Å²) in [5.41, 5.74) is 17.7. The maximum atomic E-state index is 13.6. The average Bonchev–Trinajstić information content (AvgIpc) is 3.02. The minimum absolute atomic E-state index is 0.0917. The maximum absolute atomic E-state index is 13.6. The van der Waals surface area contributed by atoms with Crippen LogP contribution in [0.25, 0.3) is 27.8 Å². The molecule has 0 bridgehead atoms. The van der Waals surface area contributed by atoms with E-state index in [9.17, 15) is 9.59 Å². The summed E-state index contributed by atoms with van der Waals surface area (Å²) in [6.45, 7) is 4.16. The van der Waals surface area contributed by atoms with Gasteiger partial charge < -0.3 is 26.1 Å². The predicted molar refractivity (Wildman–Crippen MR) is 173 cm³/mol. The molecule has 2 aromatic heterocycles. The molecule has 0 atom stereocenters. The normalized spacial score (nSPS) is 14.2. The van der Waals surface area contributed by atoms with Gasteiger partial charge in [0.25, 0.3) is 5.91 Å². The Balaban J connectivity index is 1.43. The van der Waals surface area contributed by atoms with Crippen LogP contribution in [0.3, 0.4) is 0 Å². The zero-order valence-electron chi connectivity index (χ0n) is 24.4. The number of nitrogens with one attached hydrogen (secondary N) is 1. The number of carbonyl (C=O) groups is 1. The lowest BCUT2D eigenvalue weighted by Gasteiger charge is -2.23. The van der Waals surface area contributed by atoms with Crippen LogP contribution in [-0.4, -0.2) is 41.9 Å². The number of anilines is 2. The molecule has 0 spiro atoms. The van der Waals surface area contributed by atoms with E-state index in [0.29, 0.717) is 29.5 Å². The molecule has 3 heterocycles. The molecule has 1 aliphatic heterocycles. The first-order valence-electron chi connectivity index (χ1n) is 14.3. The molecule has 0 aliphatic carbocycles. The second-order valence-corrected chi connectivity index (χ2v) is 10.7. The van der Waals surface area contributed by atoms with Crippen molar-refractivity contribution < 1.29 is 9.53 Å². The number of hydrogen-bond donors (Lipinski definition) is 3. The summed E-state index contributed by atoms with van der Waals surface area (Å²) < 4.78 is 7.49. The monoisotopic (exact) mass is 576 g/mol. The summed E-state index contributed by atoms with van der Waals surface area (Å²) in [5, 5.41) is 2.90. The zero-order valence-corrected chi connectivity index (χ0v) is 24.4. The van der Waals surface area contributed by atoms with Crippen LogP contribution in [0.5, 0.6) is 0 Å². The van der Waals surface area contributed by atoms with E-state index in [1.807, 2.05) is 60.2 Å². The Labute approximate surface area is 250 Å². The number of hydrogen-bond acceptors (Lipinski definition) is 7. The van der Waals surface area contributed by atoms with Gasteiger partial charge in [0.1, 0.15) is 11.4 Å². The molecule has 9 heteroatoms. The van der Waals surface area contributed by atoms with E-state index in [-0.39, 0.29) is 11.0 Å². The van der Waals surface area contributed by atoms with E-state index in [1.54, 1.807) is 37.8 Å². The van der Waals surface area contributed by atoms with Gasteiger partial charge in [0, 0.05) is 85.8 Å². The van der Waals surface area contributed by atoms with E-state index < -0.39 is 5.91 Å². The fourth-order valence-corrected chi connectivity index (χ4v) is 5.21. The Bertz CT molecular complexity index is 1720. The Morgan fingerprint density at radius 1 is 1.07 bits per heavy atom. The Kier molecular flexibility index (Phi) is 9.12. The molecule has 1 aliphatic rings. The topological polar surface area (TPSA) is 138 Å². The third-order valence-electron chi connectivity index (χ3n) is 7.65. The molecule has 4 aromatic rings. The molecule has 9 nitrogen and oxygen atoms in total. The highest BCUT2D eigenvalue weighted by Crippen LogP contribution is 2.29. The van der Waals surface area contributed by atoms with Gasteiger partial charge >= 0.3 is 0 Å². The Morgan fingerprint density at radius 2 is 1.74 bits per heavy atom. The number of benzene rings is 2. The highest BCUT2D eigenvalue weighted by atomic mass is 16.5. The van der Waals surface area contributed by atoms with E-state index in [2.05, 4.69) is 15.3 Å². The predicted octanol–water partition coefficient (Wildman–Crippen LogP) is 5.15. The summed E-state index contributed by atoms with van der Waals surface area (Å²) >= 11 is 0. The van der Waals surface area contributed by atoms with Crippen molar-refractivity contribution in [2.75, 3.05) is 31.3 Å². The Hall–Kier alpha value is -5.02. The third kappa shape index (κ3) is 6.90. The summed E-state index contributed by atoms with van der Waals surface area (Å²) in [7, 11) is 1.67. The number of nitrogen functional groups attached to an aromatic ring is 1. The number of carbonyl (C=O) groups excluding carboxylic acids is 1. The summed E-state index contributed by atoms with van der Waals surface area (Å²) in [6.07, 6.45) is 10.2. The molecule has 1 saturated heterocycles. The van der Waals surface area contributed by atoms with Crippen LogP contribution in [-0.2, 0) is 11.3 Å². The maximum Gasteiger partial charge on any atom is 0.261 e. The van der Waals surface area contributed by atoms with Crippen molar-refractivity contribution in [2.24, 2.45) is 16.6 Å². The molecule has 0 unspecified atom stereocenters. The highest BCUT2D eigenvalue weighted by molar-refractivity contribution is 6.10.